The lowest BCUT2D eigenvalue weighted by Gasteiger charge is -2.19. The van der Waals surface area contributed by atoms with Crippen molar-refractivity contribution in [3.05, 3.63) is 23.8 Å². The SMILES string of the molecule is COc1cc([C@@H](C)O)ccc1OC(C)C(C)O. The molecule has 4 nitrogen and oxygen atoms in total. The van der Waals surface area contributed by atoms with Gasteiger partial charge in [0.2, 0.25) is 0 Å². The van der Waals surface area contributed by atoms with E-state index in [9.17, 15) is 10.2 Å². The number of rotatable bonds is 5. The van der Waals surface area contributed by atoms with Gasteiger partial charge in [-0.3, -0.25) is 0 Å². The molecule has 96 valence electrons. The lowest BCUT2D eigenvalue weighted by molar-refractivity contribution is 0.0586. The molecule has 0 saturated carbocycles. The Balaban J connectivity index is 2.93. The summed E-state index contributed by atoms with van der Waals surface area (Å²) in [6.45, 7) is 5.14. The molecule has 1 aromatic carbocycles. The lowest BCUT2D eigenvalue weighted by atomic mass is 10.1. The highest BCUT2D eigenvalue weighted by molar-refractivity contribution is 5.43. The van der Waals surface area contributed by atoms with Crippen LogP contribution in [0.2, 0.25) is 0 Å². The average Bonchev–Trinajstić information content (AvgIpc) is 2.28. The van der Waals surface area contributed by atoms with Gasteiger partial charge >= 0.3 is 0 Å². The lowest BCUT2D eigenvalue weighted by Crippen LogP contribution is -2.25. The molecule has 0 aromatic heterocycles. The van der Waals surface area contributed by atoms with Gasteiger partial charge in [-0.2, -0.15) is 0 Å². The number of methoxy groups -OCH3 is 1. The van der Waals surface area contributed by atoms with Crippen molar-refractivity contribution in [3.8, 4) is 11.5 Å². The van der Waals surface area contributed by atoms with Crippen molar-refractivity contribution in [3.63, 3.8) is 0 Å². The Labute approximate surface area is 102 Å². The third-order valence-corrected chi connectivity index (χ3v) is 2.66. The van der Waals surface area contributed by atoms with Crippen LogP contribution < -0.4 is 9.47 Å². The predicted octanol–water partition coefficient (Wildman–Crippen LogP) is 1.90. The van der Waals surface area contributed by atoms with Gasteiger partial charge in [0, 0.05) is 0 Å². The molecule has 0 bridgehead atoms. The zero-order valence-corrected chi connectivity index (χ0v) is 10.7. The molecule has 2 N–H and O–H groups in total. The maximum Gasteiger partial charge on any atom is 0.161 e. The van der Waals surface area contributed by atoms with Crippen LogP contribution in [0, 0.1) is 0 Å². The van der Waals surface area contributed by atoms with Crippen molar-refractivity contribution in [1.82, 2.24) is 0 Å². The summed E-state index contributed by atoms with van der Waals surface area (Å²) in [6.07, 6.45) is -1.43. The first kappa shape index (κ1) is 13.8. The summed E-state index contributed by atoms with van der Waals surface area (Å²) < 4.78 is 10.8. The third kappa shape index (κ3) is 3.61. The Morgan fingerprint density at radius 3 is 2.18 bits per heavy atom. The van der Waals surface area contributed by atoms with Crippen molar-refractivity contribution in [2.45, 2.75) is 39.1 Å². The van der Waals surface area contributed by atoms with E-state index in [-0.39, 0.29) is 6.10 Å². The van der Waals surface area contributed by atoms with Crippen LogP contribution in [0.25, 0.3) is 0 Å². The zero-order chi connectivity index (χ0) is 13.0. The van der Waals surface area contributed by atoms with E-state index in [4.69, 9.17) is 9.47 Å². The van der Waals surface area contributed by atoms with Crippen LogP contribution >= 0.6 is 0 Å². The Kier molecular flexibility index (Phi) is 4.78. The van der Waals surface area contributed by atoms with Gasteiger partial charge in [0.25, 0.3) is 0 Å². The second-order valence-corrected chi connectivity index (χ2v) is 4.15. The summed E-state index contributed by atoms with van der Waals surface area (Å²) in [7, 11) is 1.54. The van der Waals surface area contributed by atoms with Crippen molar-refractivity contribution >= 4 is 0 Å². The van der Waals surface area contributed by atoms with Gasteiger partial charge in [-0.1, -0.05) is 6.07 Å². The van der Waals surface area contributed by atoms with Gasteiger partial charge in [-0.15, -0.1) is 0 Å². The van der Waals surface area contributed by atoms with E-state index in [1.165, 1.54) is 0 Å². The second-order valence-electron chi connectivity index (χ2n) is 4.15. The first-order valence-electron chi connectivity index (χ1n) is 5.66. The molecule has 4 heteroatoms. The molecule has 1 aromatic rings. The zero-order valence-electron chi connectivity index (χ0n) is 10.7. The Morgan fingerprint density at radius 2 is 1.71 bits per heavy atom. The molecule has 0 fully saturated rings. The summed E-state index contributed by atoms with van der Waals surface area (Å²) >= 11 is 0. The van der Waals surface area contributed by atoms with E-state index in [2.05, 4.69) is 0 Å². The molecule has 17 heavy (non-hydrogen) atoms. The van der Waals surface area contributed by atoms with Crippen LogP contribution in [-0.4, -0.2) is 29.5 Å². The van der Waals surface area contributed by atoms with E-state index in [0.29, 0.717) is 11.5 Å². The first-order chi connectivity index (χ1) is 7.95. The molecule has 0 aliphatic carbocycles. The van der Waals surface area contributed by atoms with E-state index < -0.39 is 12.2 Å². The van der Waals surface area contributed by atoms with Gasteiger partial charge in [0.15, 0.2) is 11.5 Å². The summed E-state index contributed by atoms with van der Waals surface area (Å²) in [5.74, 6) is 1.11. The number of benzene rings is 1. The molecule has 1 rings (SSSR count). The second kappa shape index (κ2) is 5.89. The Bertz CT molecular complexity index is 360. The monoisotopic (exact) mass is 240 g/mol. The van der Waals surface area contributed by atoms with Crippen molar-refractivity contribution in [2.75, 3.05) is 7.11 Å². The predicted molar refractivity (Wildman–Crippen MR) is 65.4 cm³/mol. The molecular formula is C13H20O4. The standard InChI is InChI=1S/C13H20O4/c1-8(14)10(3)17-12-6-5-11(9(2)15)7-13(12)16-4/h5-10,14-15H,1-4H3/t8?,9-,10?/m1/s1. The molecule has 0 aliphatic heterocycles. The fourth-order valence-electron chi connectivity index (χ4n) is 1.34. The quantitative estimate of drug-likeness (QED) is 0.825. The maximum atomic E-state index is 9.47. The topological polar surface area (TPSA) is 58.9 Å². The molecule has 2 unspecified atom stereocenters. The first-order valence-corrected chi connectivity index (χ1v) is 5.66. The highest BCUT2D eigenvalue weighted by Crippen LogP contribution is 2.31. The molecule has 0 radical (unpaired) electrons. The largest absolute Gasteiger partial charge is 0.493 e. The van der Waals surface area contributed by atoms with Gasteiger partial charge in [-0.25, -0.2) is 0 Å². The van der Waals surface area contributed by atoms with Crippen LogP contribution in [0.3, 0.4) is 0 Å². The van der Waals surface area contributed by atoms with E-state index in [1.54, 1.807) is 46.1 Å². The highest BCUT2D eigenvalue weighted by atomic mass is 16.5. The number of aliphatic hydroxyl groups excluding tert-OH is 2. The Hall–Kier alpha value is -1.26. The van der Waals surface area contributed by atoms with E-state index in [0.717, 1.165) is 5.56 Å². The van der Waals surface area contributed by atoms with Gasteiger partial charge in [-0.05, 0) is 38.5 Å². The van der Waals surface area contributed by atoms with Crippen LogP contribution in [0.4, 0.5) is 0 Å². The van der Waals surface area contributed by atoms with Crippen molar-refractivity contribution in [1.29, 1.82) is 0 Å². The summed E-state index contributed by atoms with van der Waals surface area (Å²) in [5, 5.41) is 18.9. The molecule has 0 saturated heterocycles. The Morgan fingerprint density at radius 1 is 1.06 bits per heavy atom. The van der Waals surface area contributed by atoms with Gasteiger partial charge in [0.1, 0.15) is 6.10 Å². The minimum atomic E-state index is -0.559. The van der Waals surface area contributed by atoms with Crippen LogP contribution in [0.15, 0.2) is 18.2 Å². The van der Waals surface area contributed by atoms with Gasteiger partial charge < -0.3 is 19.7 Å². The van der Waals surface area contributed by atoms with Crippen LogP contribution in [0.5, 0.6) is 11.5 Å². The molecule has 0 aliphatic rings. The fourth-order valence-corrected chi connectivity index (χ4v) is 1.34. The van der Waals surface area contributed by atoms with Crippen LogP contribution in [-0.2, 0) is 0 Å². The summed E-state index contributed by atoms with van der Waals surface area (Å²) in [4.78, 5) is 0. The minimum absolute atomic E-state index is 0.318. The molecule has 0 spiro atoms. The number of aliphatic hydroxyl groups is 2. The smallest absolute Gasteiger partial charge is 0.161 e. The highest BCUT2D eigenvalue weighted by Gasteiger charge is 2.14. The van der Waals surface area contributed by atoms with Crippen LogP contribution in [0.1, 0.15) is 32.4 Å². The van der Waals surface area contributed by atoms with E-state index >= 15 is 0 Å². The molecule has 3 atom stereocenters. The average molecular weight is 240 g/mol. The summed E-state index contributed by atoms with van der Waals surface area (Å²) in [6, 6.07) is 5.24. The number of ether oxygens (including phenoxy) is 2. The van der Waals surface area contributed by atoms with E-state index in [1.807, 2.05) is 0 Å². The minimum Gasteiger partial charge on any atom is -0.493 e. The number of hydrogen-bond donors (Lipinski definition) is 2. The van der Waals surface area contributed by atoms with Gasteiger partial charge in [0.05, 0.1) is 19.3 Å². The summed E-state index contributed by atoms with van der Waals surface area (Å²) in [5.41, 5.74) is 0.763. The third-order valence-electron chi connectivity index (χ3n) is 2.66. The number of hydrogen-bond acceptors (Lipinski definition) is 4. The maximum absolute atomic E-state index is 9.47. The normalized spacial score (nSPS) is 16.1. The molecule has 0 heterocycles. The molecular weight excluding hydrogens is 220 g/mol. The molecule has 0 amide bonds. The van der Waals surface area contributed by atoms with Crippen molar-refractivity contribution < 1.29 is 19.7 Å². The fraction of sp³-hybridized carbons (Fsp3) is 0.538. The van der Waals surface area contributed by atoms with Crippen molar-refractivity contribution in [2.24, 2.45) is 0 Å².